The van der Waals surface area contributed by atoms with Crippen LogP contribution in [0, 0.1) is 11.8 Å². The summed E-state index contributed by atoms with van der Waals surface area (Å²) < 4.78 is 1.06. The van der Waals surface area contributed by atoms with Crippen LogP contribution in [0.1, 0.15) is 39.2 Å². The maximum atomic E-state index is 4.67. The van der Waals surface area contributed by atoms with Gasteiger partial charge in [0.15, 0.2) is 0 Å². The van der Waals surface area contributed by atoms with Gasteiger partial charge in [-0.1, -0.05) is 27.2 Å². The first-order chi connectivity index (χ1) is 9.60. The lowest BCUT2D eigenvalue weighted by Crippen LogP contribution is -2.25. The summed E-state index contributed by atoms with van der Waals surface area (Å²) in [7, 11) is 0. The molecule has 0 amide bonds. The summed E-state index contributed by atoms with van der Waals surface area (Å²) in [6.45, 7) is 11.0. The van der Waals surface area contributed by atoms with E-state index in [0.717, 1.165) is 36.6 Å². The molecule has 1 N–H and O–H groups in total. The SMILES string of the molecule is CCC1CCN(c2ncc(Br)cc2CNCC(C)C)C1. The van der Waals surface area contributed by atoms with Gasteiger partial charge in [-0.15, -0.1) is 0 Å². The van der Waals surface area contributed by atoms with Gasteiger partial charge in [-0.25, -0.2) is 4.98 Å². The van der Waals surface area contributed by atoms with E-state index in [1.807, 2.05) is 6.20 Å². The maximum Gasteiger partial charge on any atom is 0.133 e. The molecule has 112 valence electrons. The third-order valence-corrected chi connectivity index (χ3v) is 4.37. The minimum absolute atomic E-state index is 0.676. The van der Waals surface area contributed by atoms with Crippen LogP contribution in [0.4, 0.5) is 5.82 Å². The molecule has 3 nitrogen and oxygen atoms in total. The molecule has 2 heterocycles. The highest BCUT2D eigenvalue weighted by atomic mass is 79.9. The van der Waals surface area contributed by atoms with Gasteiger partial charge in [0.25, 0.3) is 0 Å². The molecule has 20 heavy (non-hydrogen) atoms. The molecule has 2 rings (SSSR count). The predicted octanol–water partition coefficient (Wildman–Crippen LogP) is 3.83. The van der Waals surface area contributed by atoms with Crippen molar-refractivity contribution in [2.24, 2.45) is 11.8 Å². The zero-order chi connectivity index (χ0) is 14.5. The molecule has 1 aliphatic rings. The van der Waals surface area contributed by atoms with E-state index in [9.17, 15) is 0 Å². The summed E-state index contributed by atoms with van der Waals surface area (Å²) in [6, 6.07) is 2.20. The Hall–Kier alpha value is -0.610. The summed E-state index contributed by atoms with van der Waals surface area (Å²) in [6.07, 6.45) is 4.49. The number of nitrogens with zero attached hydrogens (tertiary/aromatic N) is 2. The molecule has 1 fully saturated rings. The molecule has 0 aliphatic carbocycles. The van der Waals surface area contributed by atoms with Crippen molar-refractivity contribution in [3.63, 3.8) is 0 Å². The molecule has 1 aliphatic heterocycles. The molecule has 0 aromatic carbocycles. The van der Waals surface area contributed by atoms with Gasteiger partial charge in [0, 0.05) is 35.9 Å². The maximum absolute atomic E-state index is 4.67. The van der Waals surface area contributed by atoms with Gasteiger partial charge in [-0.2, -0.15) is 0 Å². The first-order valence-corrected chi connectivity index (χ1v) is 8.49. The summed E-state index contributed by atoms with van der Waals surface area (Å²) in [5, 5.41) is 3.53. The van der Waals surface area contributed by atoms with Crippen LogP contribution < -0.4 is 10.2 Å². The Labute approximate surface area is 131 Å². The highest BCUT2D eigenvalue weighted by Gasteiger charge is 2.23. The number of pyridine rings is 1. The van der Waals surface area contributed by atoms with Crippen molar-refractivity contribution < 1.29 is 0 Å². The largest absolute Gasteiger partial charge is 0.356 e. The second kappa shape index (κ2) is 7.41. The summed E-state index contributed by atoms with van der Waals surface area (Å²) in [4.78, 5) is 7.12. The molecule has 1 atom stereocenters. The summed E-state index contributed by atoms with van der Waals surface area (Å²) in [5.74, 6) is 2.67. The van der Waals surface area contributed by atoms with Crippen molar-refractivity contribution in [3.8, 4) is 0 Å². The number of hydrogen-bond donors (Lipinski definition) is 1. The molecule has 0 radical (unpaired) electrons. The van der Waals surface area contributed by atoms with Gasteiger partial charge < -0.3 is 10.2 Å². The van der Waals surface area contributed by atoms with E-state index in [2.05, 4.69) is 58.0 Å². The number of aromatic nitrogens is 1. The Kier molecular flexibility index (Phi) is 5.85. The van der Waals surface area contributed by atoms with Gasteiger partial charge in [0.1, 0.15) is 5.82 Å². The molecule has 1 unspecified atom stereocenters. The molecule has 1 aromatic rings. The van der Waals surface area contributed by atoms with Crippen LogP contribution in [0.15, 0.2) is 16.7 Å². The Morgan fingerprint density at radius 1 is 1.50 bits per heavy atom. The zero-order valence-corrected chi connectivity index (χ0v) is 14.4. The van der Waals surface area contributed by atoms with Crippen LogP contribution in [0.5, 0.6) is 0 Å². The summed E-state index contributed by atoms with van der Waals surface area (Å²) in [5.41, 5.74) is 1.30. The third-order valence-electron chi connectivity index (χ3n) is 3.94. The Morgan fingerprint density at radius 2 is 2.30 bits per heavy atom. The van der Waals surface area contributed by atoms with Crippen LogP contribution in [-0.2, 0) is 6.54 Å². The lowest BCUT2D eigenvalue weighted by atomic mass is 10.1. The van der Waals surface area contributed by atoms with E-state index in [1.54, 1.807) is 0 Å². The zero-order valence-electron chi connectivity index (χ0n) is 12.8. The molecule has 4 heteroatoms. The first kappa shape index (κ1) is 15.8. The third kappa shape index (κ3) is 4.19. The number of nitrogens with one attached hydrogen (secondary N) is 1. The van der Waals surface area contributed by atoms with E-state index in [-0.39, 0.29) is 0 Å². The molecule has 0 saturated carbocycles. The van der Waals surface area contributed by atoms with Gasteiger partial charge in [-0.05, 0) is 46.8 Å². The Bertz CT molecular complexity index is 434. The van der Waals surface area contributed by atoms with E-state index in [4.69, 9.17) is 0 Å². The Balaban J connectivity index is 2.07. The molecular formula is C16H26BrN3. The predicted molar refractivity (Wildman–Crippen MR) is 89.1 cm³/mol. The molecule has 0 spiro atoms. The quantitative estimate of drug-likeness (QED) is 0.853. The number of halogens is 1. The smallest absolute Gasteiger partial charge is 0.133 e. The molecular weight excluding hydrogens is 314 g/mol. The van der Waals surface area contributed by atoms with Crippen LogP contribution in [-0.4, -0.2) is 24.6 Å². The minimum atomic E-state index is 0.676. The topological polar surface area (TPSA) is 28.2 Å². The normalized spacial score (nSPS) is 19.1. The lowest BCUT2D eigenvalue weighted by molar-refractivity contribution is 0.550. The highest BCUT2D eigenvalue weighted by Crippen LogP contribution is 2.28. The van der Waals surface area contributed by atoms with E-state index >= 15 is 0 Å². The number of anilines is 1. The van der Waals surface area contributed by atoms with E-state index < -0.39 is 0 Å². The first-order valence-electron chi connectivity index (χ1n) is 7.70. The van der Waals surface area contributed by atoms with Crippen LogP contribution in [0.25, 0.3) is 0 Å². The molecule has 1 aromatic heterocycles. The van der Waals surface area contributed by atoms with Gasteiger partial charge in [0.2, 0.25) is 0 Å². The van der Waals surface area contributed by atoms with Crippen LogP contribution in [0.2, 0.25) is 0 Å². The number of hydrogen-bond acceptors (Lipinski definition) is 3. The summed E-state index contributed by atoms with van der Waals surface area (Å²) >= 11 is 3.54. The minimum Gasteiger partial charge on any atom is -0.356 e. The van der Waals surface area contributed by atoms with Gasteiger partial charge in [-0.3, -0.25) is 0 Å². The highest BCUT2D eigenvalue weighted by molar-refractivity contribution is 9.10. The van der Waals surface area contributed by atoms with Crippen molar-refractivity contribution in [2.75, 3.05) is 24.5 Å². The standard InChI is InChI=1S/C16H26BrN3/c1-4-13-5-6-20(11-13)16-14(7-15(17)10-19-16)9-18-8-12(2)3/h7,10,12-13,18H,4-6,8-9,11H2,1-3H3. The fraction of sp³-hybridized carbons (Fsp3) is 0.688. The fourth-order valence-corrected chi connectivity index (χ4v) is 3.12. The average molecular weight is 340 g/mol. The van der Waals surface area contributed by atoms with E-state index in [1.165, 1.54) is 24.2 Å². The second-order valence-corrected chi connectivity index (χ2v) is 7.09. The van der Waals surface area contributed by atoms with Crippen molar-refractivity contribution in [1.82, 2.24) is 10.3 Å². The molecule has 0 bridgehead atoms. The van der Waals surface area contributed by atoms with Crippen molar-refractivity contribution in [3.05, 3.63) is 22.3 Å². The average Bonchev–Trinajstić information content (AvgIpc) is 2.87. The fourth-order valence-electron chi connectivity index (χ4n) is 2.74. The van der Waals surface area contributed by atoms with Crippen LogP contribution in [0.3, 0.4) is 0 Å². The van der Waals surface area contributed by atoms with Crippen molar-refractivity contribution in [1.29, 1.82) is 0 Å². The second-order valence-electron chi connectivity index (χ2n) is 6.17. The van der Waals surface area contributed by atoms with Gasteiger partial charge in [0.05, 0.1) is 0 Å². The van der Waals surface area contributed by atoms with Crippen molar-refractivity contribution in [2.45, 2.75) is 40.2 Å². The van der Waals surface area contributed by atoms with Crippen LogP contribution >= 0.6 is 15.9 Å². The Morgan fingerprint density at radius 3 is 2.95 bits per heavy atom. The number of rotatable bonds is 6. The lowest BCUT2D eigenvalue weighted by Gasteiger charge is -2.21. The van der Waals surface area contributed by atoms with Crippen molar-refractivity contribution >= 4 is 21.7 Å². The molecule has 1 saturated heterocycles. The monoisotopic (exact) mass is 339 g/mol. The van der Waals surface area contributed by atoms with Gasteiger partial charge >= 0.3 is 0 Å². The van der Waals surface area contributed by atoms with E-state index in [0.29, 0.717) is 5.92 Å².